The lowest BCUT2D eigenvalue weighted by molar-refractivity contribution is -0.126. The van der Waals surface area contributed by atoms with E-state index >= 15 is 0 Å². The summed E-state index contributed by atoms with van der Waals surface area (Å²) in [7, 11) is 0. The van der Waals surface area contributed by atoms with Crippen LogP contribution in [0.2, 0.25) is 0 Å². The Morgan fingerprint density at radius 3 is 2.66 bits per heavy atom. The van der Waals surface area contributed by atoms with Crippen LogP contribution in [-0.2, 0) is 16.1 Å². The van der Waals surface area contributed by atoms with Crippen molar-refractivity contribution in [2.24, 2.45) is 0 Å². The molecule has 0 saturated carbocycles. The maximum absolute atomic E-state index is 13.5. The monoisotopic (exact) mass is 452 g/mol. The molecular weight excluding hydrogens is 424 g/mol. The van der Waals surface area contributed by atoms with Crippen LogP contribution in [0.5, 0.6) is 0 Å². The summed E-state index contributed by atoms with van der Waals surface area (Å²) in [6, 6.07) is 10.8. The Bertz CT molecular complexity index is 978. The minimum Gasteiger partial charge on any atom is -0.382 e. The number of aromatic nitrogens is 2. The van der Waals surface area contributed by atoms with Gasteiger partial charge in [0.1, 0.15) is 11.7 Å². The van der Waals surface area contributed by atoms with Gasteiger partial charge in [-0.05, 0) is 37.3 Å². The average Bonchev–Trinajstić information content (AvgIpc) is 3.33. The first kappa shape index (κ1) is 23.6. The minimum absolute atomic E-state index is 0.199. The van der Waals surface area contributed by atoms with Gasteiger partial charge in [-0.25, -0.2) is 4.98 Å². The van der Waals surface area contributed by atoms with Gasteiger partial charge in [-0.1, -0.05) is 35.9 Å². The van der Waals surface area contributed by atoms with Gasteiger partial charge < -0.3 is 15.0 Å². The Balaban J connectivity index is 1.93. The van der Waals surface area contributed by atoms with E-state index in [-0.39, 0.29) is 24.1 Å². The van der Waals surface area contributed by atoms with Crippen molar-refractivity contribution in [3.63, 3.8) is 0 Å². The van der Waals surface area contributed by atoms with Crippen LogP contribution in [0.15, 0.2) is 60.4 Å². The quantitative estimate of drug-likeness (QED) is 0.448. The van der Waals surface area contributed by atoms with Gasteiger partial charge >= 0.3 is 0 Å². The van der Waals surface area contributed by atoms with Crippen molar-refractivity contribution in [3.8, 4) is 0 Å². The Morgan fingerprint density at radius 1 is 1.19 bits per heavy atom. The number of ether oxygens (including phenoxy) is 1. The fourth-order valence-corrected chi connectivity index (χ4v) is 3.96. The van der Waals surface area contributed by atoms with Crippen LogP contribution in [0.4, 0.5) is 0 Å². The molecular formula is C24H28N4O3S. The van der Waals surface area contributed by atoms with Crippen LogP contribution in [0.3, 0.4) is 0 Å². The molecule has 0 fully saturated rings. The highest BCUT2D eigenvalue weighted by atomic mass is 32.1. The van der Waals surface area contributed by atoms with Gasteiger partial charge in [0.25, 0.3) is 5.91 Å². The van der Waals surface area contributed by atoms with E-state index in [4.69, 9.17) is 4.74 Å². The zero-order valence-electron chi connectivity index (χ0n) is 18.4. The molecule has 0 aliphatic carbocycles. The van der Waals surface area contributed by atoms with Crippen molar-refractivity contribution in [2.75, 3.05) is 19.8 Å². The highest BCUT2D eigenvalue weighted by Gasteiger charge is 2.33. The first-order chi connectivity index (χ1) is 15.6. The normalized spacial score (nSPS) is 11.7. The summed E-state index contributed by atoms with van der Waals surface area (Å²) in [4.78, 5) is 37.6. The number of nitrogens with zero attached hydrogens (tertiary/aromatic N) is 3. The van der Waals surface area contributed by atoms with Crippen LogP contribution >= 0.6 is 11.3 Å². The Labute approximate surface area is 192 Å². The molecule has 0 radical (unpaired) electrons. The number of thiophene rings is 1. The molecule has 2 heterocycles. The Kier molecular flexibility index (Phi) is 8.89. The summed E-state index contributed by atoms with van der Waals surface area (Å²) in [5.74, 6) is -0.583. The van der Waals surface area contributed by atoms with Crippen molar-refractivity contribution in [1.82, 2.24) is 20.2 Å². The summed E-state index contributed by atoms with van der Waals surface area (Å²) in [5, 5.41) is 4.93. The molecule has 0 aliphatic heterocycles. The number of benzene rings is 1. The molecule has 8 heteroatoms. The Morgan fingerprint density at radius 2 is 2.00 bits per heavy atom. The van der Waals surface area contributed by atoms with Gasteiger partial charge in [0, 0.05) is 37.0 Å². The zero-order chi connectivity index (χ0) is 22.8. The number of carbonyl (C=O) groups excluding carboxylic acids is 2. The van der Waals surface area contributed by atoms with Crippen LogP contribution in [0, 0.1) is 6.92 Å². The van der Waals surface area contributed by atoms with Gasteiger partial charge in [0.05, 0.1) is 12.7 Å². The number of carbonyl (C=O) groups is 2. The molecule has 2 aromatic heterocycles. The standard InChI is InChI=1S/C24H28N4O3S/c1-3-31-14-5-11-27-23(29)22(19-9-7-18(2)8-10-19)28(17-20-6-4-15-32-20)24(30)21-16-25-12-13-26-21/h4,6-10,12-13,15-16,22H,3,5,11,14,17H2,1-2H3,(H,27,29). The molecule has 3 rings (SSSR count). The summed E-state index contributed by atoms with van der Waals surface area (Å²) < 4.78 is 5.36. The van der Waals surface area contributed by atoms with E-state index in [2.05, 4.69) is 15.3 Å². The molecule has 2 amide bonds. The molecule has 0 saturated heterocycles. The SMILES string of the molecule is CCOCCCNC(=O)C(c1ccc(C)cc1)N(Cc1cccs1)C(=O)c1cnccn1. The molecule has 1 unspecified atom stereocenters. The maximum atomic E-state index is 13.5. The summed E-state index contributed by atoms with van der Waals surface area (Å²) in [6.45, 7) is 5.89. The van der Waals surface area contributed by atoms with Gasteiger partial charge in [-0.15, -0.1) is 11.3 Å². The van der Waals surface area contributed by atoms with Gasteiger partial charge in [-0.3, -0.25) is 14.6 Å². The average molecular weight is 453 g/mol. The molecule has 1 aromatic carbocycles. The van der Waals surface area contributed by atoms with Crippen molar-refractivity contribution >= 4 is 23.2 Å². The van der Waals surface area contributed by atoms with Crippen LogP contribution < -0.4 is 5.32 Å². The summed E-state index contributed by atoms with van der Waals surface area (Å²) in [6.07, 6.45) is 5.12. The molecule has 3 aromatic rings. The van der Waals surface area contributed by atoms with Crippen LogP contribution in [-0.4, -0.2) is 46.4 Å². The summed E-state index contributed by atoms with van der Waals surface area (Å²) >= 11 is 1.54. The minimum atomic E-state index is -0.806. The number of hydrogen-bond donors (Lipinski definition) is 1. The molecule has 32 heavy (non-hydrogen) atoms. The predicted molar refractivity (Wildman–Crippen MR) is 124 cm³/mol. The van der Waals surface area contributed by atoms with Gasteiger partial charge in [0.2, 0.25) is 5.91 Å². The summed E-state index contributed by atoms with van der Waals surface area (Å²) in [5.41, 5.74) is 2.02. The van der Waals surface area contributed by atoms with E-state index in [0.717, 1.165) is 16.0 Å². The molecule has 0 bridgehead atoms. The van der Waals surface area contributed by atoms with Crippen molar-refractivity contribution in [1.29, 1.82) is 0 Å². The van der Waals surface area contributed by atoms with E-state index in [0.29, 0.717) is 26.2 Å². The number of amides is 2. The number of hydrogen-bond acceptors (Lipinski definition) is 6. The molecule has 7 nitrogen and oxygen atoms in total. The van der Waals surface area contributed by atoms with Gasteiger partial charge in [-0.2, -0.15) is 0 Å². The van der Waals surface area contributed by atoms with E-state index in [1.54, 1.807) is 4.90 Å². The van der Waals surface area contributed by atoms with E-state index < -0.39 is 6.04 Å². The van der Waals surface area contributed by atoms with Gasteiger partial charge in [0.15, 0.2) is 0 Å². The number of rotatable bonds is 11. The number of nitrogens with one attached hydrogen (secondary N) is 1. The van der Waals surface area contributed by atoms with E-state index in [1.165, 1.54) is 29.9 Å². The van der Waals surface area contributed by atoms with E-state index in [1.807, 2.05) is 55.6 Å². The smallest absolute Gasteiger partial charge is 0.275 e. The molecule has 1 N–H and O–H groups in total. The largest absolute Gasteiger partial charge is 0.382 e. The lowest BCUT2D eigenvalue weighted by Crippen LogP contribution is -2.44. The van der Waals surface area contributed by atoms with Crippen molar-refractivity contribution < 1.29 is 14.3 Å². The maximum Gasteiger partial charge on any atom is 0.275 e. The van der Waals surface area contributed by atoms with E-state index in [9.17, 15) is 9.59 Å². The second-order valence-corrected chi connectivity index (χ2v) is 8.29. The fraction of sp³-hybridized carbons (Fsp3) is 0.333. The topological polar surface area (TPSA) is 84.4 Å². The predicted octanol–water partition coefficient (Wildman–Crippen LogP) is 3.77. The third-order valence-electron chi connectivity index (χ3n) is 4.87. The molecule has 0 spiro atoms. The van der Waals surface area contributed by atoms with Crippen molar-refractivity contribution in [3.05, 3.63) is 82.1 Å². The number of aryl methyl sites for hydroxylation is 1. The first-order valence-corrected chi connectivity index (χ1v) is 11.5. The Hall–Kier alpha value is -3.10. The third-order valence-corrected chi connectivity index (χ3v) is 5.73. The highest BCUT2D eigenvalue weighted by Crippen LogP contribution is 2.27. The van der Waals surface area contributed by atoms with Crippen LogP contribution in [0.1, 0.15) is 45.9 Å². The molecule has 168 valence electrons. The lowest BCUT2D eigenvalue weighted by atomic mass is 10.0. The lowest BCUT2D eigenvalue weighted by Gasteiger charge is -2.31. The fourth-order valence-electron chi connectivity index (χ4n) is 3.26. The zero-order valence-corrected chi connectivity index (χ0v) is 19.2. The van der Waals surface area contributed by atoms with Crippen LogP contribution in [0.25, 0.3) is 0 Å². The molecule has 0 aliphatic rings. The third kappa shape index (κ3) is 6.45. The second-order valence-electron chi connectivity index (χ2n) is 7.26. The molecule has 1 atom stereocenters. The van der Waals surface area contributed by atoms with Crippen molar-refractivity contribution in [2.45, 2.75) is 32.9 Å². The highest BCUT2D eigenvalue weighted by molar-refractivity contribution is 7.09. The first-order valence-electron chi connectivity index (χ1n) is 10.6. The second kappa shape index (κ2) is 12.1.